The van der Waals surface area contributed by atoms with Crippen LogP contribution in [0.4, 0.5) is 4.79 Å². The van der Waals surface area contributed by atoms with Gasteiger partial charge >= 0.3 is 6.03 Å². The maximum absolute atomic E-state index is 12.5. The smallest absolute Gasteiger partial charge is 0.320 e. The van der Waals surface area contributed by atoms with Crippen molar-refractivity contribution < 1.29 is 4.79 Å². The van der Waals surface area contributed by atoms with Crippen LogP contribution >= 0.6 is 0 Å². The van der Waals surface area contributed by atoms with Crippen LogP contribution in [0.25, 0.3) is 0 Å². The van der Waals surface area contributed by atoms with Gasteiger partial charge in [-0.05, 0) is 58.5 Å². The zero-order valence-corrected chi connectivity index (χ0v) is 11.8. The van der Waals surface area contributed by atoms with Gasteiger partial charge in [-0.1, -0.05) is 0 Å². The molecule has 2 amide bonds. The first-order chi connectivity index (χ1) is 8.76. The van der Waals surface area contributed by atoms with Crippen LogP contribution in [0.3, 0.4) is 0 Å². The van der Waals surface area contributed by atoms with Gasteiger partial charge in [0.1, 0.15) is 0 Å². The second kappa shape index (κ2) is 6.41. The number of nitrogens with one attached hydrogen (secondary N) is 1. The van der Waals surface area contributed by atoms with Gasteiger partial charge < -0.3 is 15.1 Å². The van der Waals surface area contributed by atoms with E-state index in [-0.39, 0.29) is 6.03 Å². The number of nitrogens with zero attached hydrogens (tertiary/aromatic N) is 2. The molecular weight excluding hydrogens is 226 g/mol. The molecule has 1 saturated carbocycles. The summed E-state index contributed by atoms with van der Waals surface area (Å²) in [5.41, 5.74) is 0. The fourth-order valence-corrected chi connectivity index (χ4v) is 2.80. The van der Waals surface area contributed by atoms with Crippen molar-refractivity contribution in [3.8, 4) is 0 Å². The minimum Gasteiger partial charge on any atom is -0.325 e. The van der Waals surface area contributed by atoms with Crippen LogP contribution in [0.1, 0.15) is 39.5 Å². The second-order valence-electron chi connectivity index (χ2n) is 5.55. The van der Waals surface area contributed by atoms with E-state index in [1.165, 1.54) is 25.7 Å². The Morgan fingerprint density at radius 1 is 1.22 bits per heavy atom. The highest BCUT2D eigenvalue weighted by molar-refractivity contribution is 5.75. The highest BCUT2D eigenvalue weighted by atomic mass is 16.2. The van der Waals surface area contributed by atoms with Crippen molar-refractivity contribution in [2.45, 2.75) is 45.6 Å². The van der Waals surface area contributed by atoms with Crippen molar-refractivity contribution in [1.82, 2.24) is 15.1 Å². The summed E-state index contributed by atoms with van der Waals surface area (Å²) in [5, 5.41) is 3.44. The number of hydrogen-bond donors (Lipinski definition) is 1. The number of amides is 2. The SMILES string of the molecule is CCN(CC)C(=O)N(CC1CCCNC1)C1CC1. The van der Waals surface area contributed by atoms with E-state index in [4.69, 9.17) is 0 Å². The number of rotatable bonds is 5. The monoisotopic (exact) mass is 253 g/mol. The first kappa shape index (κ1) is 13.7. The fraction of sp³-hybridized carbons (Fsp3) is 0.929. The van der Waals surface area contributed by atoms with Crippen molar-refractivity contribution in [3.63, 3.8) is 0 Å². The molecule has 0 aromatic heterocycles. The van der Waals surface area contributed by atoms with Gasteiger partial charge in [0.15, 0.2) is 0 Å². The Kier molecular flexibility index (Phi) is 4.87. The van der Waals surface area contributed by atoms with Crippen molar-refractivity contribution in [2.75, 3.05) is 32.7 Å². The normalized spacial score (nSPS) is 23.8. The number of carbonyl (C=O) groups excluding carboxylic acids is 1. The molecule has 104 valence electrons. The van der Waals surface area contributed by atoms with Gasteiger partial charge in [-0.25, -0.2) is 4.79 Å². The molecule has 2 fully saturated rings. The summed E-state index contributed by atoms with van der Waals surface area (Å²) in [7, 11) is 0. The summed E-state index contributed by atoms with van der Waals surface area (Å²) in [6, 6.07) is 0.785. The number of piperidine rings is 1. The maximum Gasteiger partial charge on any atom is 0.320 e. The van der Waals surface area contributed by atoms with Crippen LogP contribution in [0.2, 0.25) is 0 Å². The molecule has 1 atom stereocenters. The lowest BCUT2D eigenvalue weighted by Crippen LogP contribution is -2.48. The number of hydrogen-bond acceptors (Lipinski definition) is 2. The molecule has 1 saturated heterocycles. The van der Waals surface area contributed by atoms with Crippen LogP contribution in [0.5, 0.6) is 0 Å². The third-order valence-corrected chi connectivity index (χ3v) is 4.12. The topological polar surface area (TPSA) is 35.6 Å². The van der Waals surface area contributed by atoms with Gasteiger partial charge in [-0.15, -0.1) is 0 Å². The maximum atomic E-state index is 12.5. The molecule has 2 aliphatic rings. The van der Waals surface area contributed by atoms with E-state index in [1.807, 2.05) is 4.90 Å². The Balaban J connectivity index is 1.92. The predicted molar refractivity (Wildman–Crippen MR) is 73.6 cm³/mol. The van der Waals surface area contributed by atoms with Crippen molar-refractivity contribution >= 4 is 6.03 Å². The summed E-state index contributed by atoms with van der Waals surface area (Å²) in [6.07, 6.45) is 4.92. The minimum atomic E-state index is 0.257. The van der Waals surface area contributed by atoms with Crippen LogP contribution in [0.15, 0.2) is 0 Å². The molecule has 0 aromatic carbocycles. The van der Waals surface area contributed by atoms with Gasteiger partial charge in [0, 0.05) is 25.7 Å². The standard InChI is InChI=1S/C14H27N3O/c1-3-16(4-2)14(18)17(13-7-8-13)11-12-6-5-9-15-10-12/h12-13,15H,3-11H2,1-2H3. The van der Waals surface area contributed by atoms with Crippen LogP contribution < -0.4 is 5.32 Å². The first-order valence-corrected chi connectivity index (χ1v) is 7.52. The van der Waals surface area contributed by atoms with E-state index in [0.717, 1.165) is 32.7 Å². The highest BCUT2D eigenvalue weighted by Gasteiger charge is 2.35. The van der Waals surface area contributed by atoms with Gasteiger partial charge in [0.2, 0.25) is 0 Å². The Bertz CT molecular complexity index is 268. The zero-order chi connectivity index (χ0) is 13.0. The van der Waals surface area contributed by atoms with Crippen LogP contribution in [-0.4, -0.2) is 54.6 Å². The average molecular weight is 253 g/mol. The highest BCUT2D eigenvalue weighted by Crippen LogP contribution is 2.29. The molecular formula is C14H27N3O. The van der Waals surface area contributed by atoms with Crippen LogP contribution in [0, 0.1) is 5.92 Å². The largest absolute Gasteiger partial charge is 0.325 e. The van der Waals surface area contributed by atoms with E-state index in [2.05, 4.69) is 24.1 Å². The van der Waals surface area contributed by atoms with E-state index >= 15 is 0 Å². The predicted octanol–water partition coefficient (Wildman–Crippen LogP) is 1.91. The van der Waals surface area contributed by atoms with Gasteiger partial charge in [-0.3, -0.25) is 0 Å². The summed E-state index contributed by atoms with van der Waals surface area (Å²) in [6.45, 7) is 8.94. The quantitative estimate of drug-likeness (QED) is 0.812. The van der Waals surface area contributed by atoms with Gasteiger partial charge in [0.05, 0.1) is 0 Å². The van der Waals surface area contributed by atoms with Crippen molar-refractivity contribution in [3.05, 3.63) is 0 Å². The Morgan fingerprint density at radius 3 is 2.44 bits per heavy atom. The Hall–Kier alpha value is -0.770. The summed E-state index contributed by atoms with van der Waals surface area (Å²) in [4.78, 5) is 16.6. The molecule has 4 heteroatoms. The van der Waals surface area contributed by atoms with Gasteiger partial charge in [0.25, 0.3) is 0 Å². The molecule has 0 radical (unpaired) electrons. The third kappa shape index (κ3) is 3.37. The molecule has 1 unspecified atom stereocenters. The molecule has 2 rings (SSSR count). The molecule has 18 heavy (non-hydrogen) atoms. The third-order valence-electron chi connectivity index (χ3n) is 4.12. The zero-order valence-electron chi connectivity index (χ0n) is 11.8. The Labute approximate surface area is 111 Å². The number of carbonyl (C=O) groups is 1. The fourth-order valence-electron chi connectivity index (χ4n) is 2.80. The van der Waals surface area contributed by atoms with E-state index in [1.54, 1.807) is 0 Å². The molecule has 0 aromatic rings. The lowest BCUT2D eigenvalue weighted by molar-refractivity contribution is 0.141. The lowest BCUT2D eigenvalue weighted by atomic mass is 9.99. The second-order valence-corrected chi connectivity index (χ2v) is 5.55. The molecule has 0 bridgehead atoms. The van der Waals surface area contributed by atoms with Crippen molar-refractivity contribution in [2.24, 2.45) is 5.92 Å². The summed E-state index contributed by atoms with van der Waals surface area (Å²) in [5.74, 6) is 0.652. The minimum absolute atomic E-state index is 0.257. The lowest BCUT2D eigenvalue weighted by Gasteiger charge is -2.33. The van der Waals surface area contributed by atoms with E-state index in [9.17, 15) is 4.79 Å². The molecule has 4 nitrogen and oxygen atoms in total. The first-order valence-electron chi connectivity index (χ1n) is 7.52. The molecule has 1 aliphatic carbocycles. The van der Waals surface area contributed by atoms with E-state index < -0.39 is 0 Å². The number of urea groups is 1. The molecule has 0 spiro atoms. The summed E-state index contributed by atoms with van der Waals surface area (Å²) >= 11 is 0. The molecule has 1 aliphatic heterocycles. The average Bonchev–Trinajstić information content (AvgIpc) is 3.23. The van der Waals surface area contributed by atoms with E-state index in [0.29, 0.717) is 12.0 Å². The summed E-state index contributed by atoms with van der Waals surface area (Å²) < 4.78 is 0. The molecule has 1 N–H and O–H groups in total. The Morgan fingerprint density at radius 2 is 1.94 bits per heavy atom. The van der Waals surface area contributed by atoms with Crippen molar-refractivity contribution in [1.29, 1.82) is 0 Å². The van der Waals surface area contributed by atoms with Crippen LogP contribution in [-0.2, 0) is 0 Å². The molecule has 1 heterocycles. The van der Waals surface area contributed by atoms with Gasteiger partial charge in [-0.2, -0.15) is 0 Å².